The lowest BCUT2D eigenvalue weighted by Crippen LogP contribution is -2.17. The van der Waals surface area contributed by atoms with E-state index in [2.05, 4.69) is 29.8 Å². The SMILES string of the molecule is COc1cc(CN[C@H](C)c2cccs2)cc(OC)c1OC. The third-order valence-corrected chi connectivity index (χ3v) is 4.36. The molecule has 0 spiro atoms. The molecule has 1 aromatic heterocycles. The second-order valence-corrected chi connectivity index (χ2v) is 5.63. The van der Waals surface area contributed by atoms with Crippen molar-refractivity contribution in [3.05, 3.63) is 40.1 Å². The Labute approximate surface area is 129 Å². The van der Waals surface area contributed by atoms with E-state index in [9.17, 15) is 0 Å². The quantitative estimate of drug-likeness (QED) is 0.848. The summed E-state index contributed by atoms with van der Waals surface area (Å²) < 4.78 is 16.1. The van der Waals surface area contributed by atoms with E-state index < -0.39 is 0 Å². The minimum atomic E-state index is 0.309. The Bertz CT molecular complexity index is 544. The molecule has 0 saturated heterocycles. The third kappa shape index (κ3) is 3.68. The van der Waals surface area contributed by atoms with Crippen LogP contribution in [0.1, 0.15) is 23.4 Å². The summed E-state index contributed by atoms with van der Waals surface area (Å²) in [6, 6.07) is 8.45. The Morgan fingerprint density at radius 2 is 1.76 bits per heavy atom. The number of ether oxygens (including phenoxy) is 3. The molecule has 2 rings (SSSR count). The van der Waals surface area contributed by atoms with Gasteiger partial charge in [0.15, 0.2) is 11.5 Å². The summed E-state index contributed by atoms with van der Waals surface area (Å²) in [4.78, 5) is 1.32. The van der Waals surface area contributed by atoms with Crippen molar-refractivity contribution in [1.29, 1.82) is 0 Å². The Hall–Kier alpha value is -1.72. The smallest absolute Gasteiger partial charge is 0.203 e. The van der Waals surface area contributed by atoms with Crippen LogP contribution in [0.2, 0.25) is 0 Å². The largest absolute Gasteiger partial charge is 0.493 e. The van der Waals surface area contributed by atoms with Crippen LogP contribution in [0.15, 0.2) is 29.6 Å². The van der Waals surface area contributed by atoms with Crippen molar-refractivity contribution in [2.45, 2.75) is 19.5 Å². The van der Waals surface area contributed by atoms with Gasteiger partial charge in [0.05, 0.1) is 21.3 Å². The van der Waals surface area contributed by atoms with E-state index in [0.29, 0.717) is 23.3 Å². The van der Waals surface area contributed by atoms with Crippen LogP contribution in [0.25, 0.3) is 0 Å². The summed E-state index contributed by atoms with van der Waals surface area (Å²) in [6.45, 7) is 2.89. The minimum Gasteiger partial charge on any atom is -0.493 e. The molecule has 0 radical (unpaired) electrons. The Morgan fingerprint density at radius 1 is 1.10 bits per heavy atom. The molecule has 1 N–H and O–H groups in total. The van der Waals surface area contributed by atoms with Crippen LogP contribution in [0.4, 0.5) is 0 Å². The van der Waals surface area contributed by atoms with Crippen molar-refractivity contribution in [3.63, 3.8) is 0 Å². The van der Waals surface area contributed by atoms with E-state index in [4.69, 9.17) is 14.2 Å². The van der Waals surface area contributed by atoms with Gasteiger partial charge in [-0.3, -0.25) is 0 Å². The number of thiophene rings is 1. The lowest BCUT2D eigenvalue weighted by Gasteiger charge is -2.16. The number of benzene rings is 1. The maximum absolute atomic E-state index is 5.37. The lowest BCUT2D eigenvalue weighted by atomic mass is 10.1. The van der Waals surface area contributed by atoms with E-state index in [1.807, 2.05) is 12.1 Å². The van der Waals surface area contributed by atoms with Crippen LogP contribution >= 0.6 is 11.3 Å². The number of methoxy groups -OCH3 is 3. The molecule has 0 aliphatic carbocycles. The zero-order valence-corrected chi connectivity index (χ0v) is 13.6. The first-order valence-corrected chi connectivity index (χ1v) is 7.63. The number of hydrogen-bond acceptors (Lipinski definition) is 5. The maximum atomic E-state index is 5.37. The highest BCUT2D eigenvalue weighted by atomic mass is 32.1. The normalized spacial score (nSPS) is 12.0. The van der Waals surface area contributed by atoms with Crippen LogP contribution in [0.5, 0.6) is 17.2 Å². The van der Waals surface area contributed by atoms with Crippen LogP contribution in [-0.2, 0) is 6.54 Å². The first-order valence-electron chi connectivity index (χ1n) is 6.75. The fourth-order valence-electron chi connectivity index (χ4n) is 2.15. The predicted molar refractivity (Wildman–Crippen MR) is 85.7 cm³/mol. The average Bonchev–Trinajstić information content (AvgIpc) is 3.05. The zero-order chi connectivity index (χ0) is 15.2. The van der Waals surface area contributed by atoms with Gasteiger partial charge in [-0.2, -0.15) is 0 Å². The van der Waals surface area contributed by atoms with Gasteiger partial charge in [-0.15, -0.1) is 11.3 Å². The Kier molecular flexibility index (Phi) is 5.47. The molecule has 21 heavy (non-hydrogen) atoms. The first-order chi connectivity index (χ1) is 10.2. The molecular weight excluding hydrogens is 286 g/mol. The highest BCUT2D eigenvalue weighted by Crippen LogP contribution is 2.38. The van der Waals surface area contributed by atoms with Crippen molar-refractivity contribution in [2.75, 3.05) is 21.3 Å². The summed E-state index contributed by atoms with van der Waals surface area (Å²) >= 11 is 1.76. The number of nitrogens with one attached hydrogen (secondary N) is 1. The number of hydrogen-bond donors (Lipinski definition) is 1. The summed E-state index contributed by atoms with van der Waals surface area (Å²) in [7, 11) is 4.86. The van der Waals surface area contributed by atoms with Crippen LogP contribution in [0.3, 0.4) is 0 Å². The van der Waals surface area contributed by atoms with E-state index >= 15 is 0 Å². The van der Waals surface area contributed by atoms with Crippen molar-refractivity contribution >= 4 is 11.3 Å². The van der Waals surface area contributed by atoms with Crippen molar-refractivity contribution < 1.29 is 14.2 Å². The van der Waals surface area contributed by atoms with Gasteiger partial charge in [-0.25, -0.2) is 0 Å². The molecule has 0 fully saturated rings. The zero-order valence-electron chi connectivity index (χ0n) is 12.8. The fraction of sp³-hybridized carbons (Fsp3) is 0.375. The number of rotatable bonds is 7. The van der Waals surface area contributed by atoms with Gasteiger partial charge >= 0.3 is 0 Å². The standard InChI is InChI=1S/C16H21NO3S/c1-11(15-6-5-7-21-15)17-10-12-8-13(18-2)16(20-4)14(9-12)19-3/h5-9,11,17H,10H2,1-4H3/t11-/m1/s1. The molecule has 0 aliphatic heterocycles. The third-order valence-electron chi connectivity index (χ3n) is 3.31. The lowest BCUT2D eigenvalue weighted by molar-refractivity contribution is 0.323. The van der Waals surface area contributed by atoms with Crippen molar-refractivity contribution in [2.24, 2.45) is 0 Å². The minimum absolute atomic E-state index is 0.309. The molecule has 0 saturated carbocycles. The van der Waals surface area contributed by atoms with Crippen molar-refractivity contribution in [1.82, 2.24) is 5.32 Å². The summed E-state index contributed by atoms with van der Waals surface area (Å²) in [5.74, 6) is 1.98. The molecule has 0 unspecified atom stereocenters. The molecule has 2 aromatic rings. The maximum Gasteiger partial charge on any atom is 0.203 e. The van der Waals surface area contributed by atoms with E-state index in [1.54, 1.807) is 32.7 Å². The second-order valence-electron chi connectivity index (χ2n) is 4.65. The van der Waals surface area contributed by atoms with Gasteiger partial charge in [-0.05, 0) is 36.1 Å². The van der Waals surface area contributed by atoms with E-state index in [0.717, 1.165) is 12.1 Å². The Morgan fingerprint density at radius 3 is 2.24 bits per heavy atom. The molecule has 0 amide bonds. The summed E-state index contributed by atoms with van der Waals surface area (Å²) in [6.07, 6.45) is 0. The Balaban J connectivity index is 2.13. The molecule has 1 heterocycles. The molecular formula is C16H21NO3S. The van der Waals surface area contributed by atoms with Crippen LogP contribution < -0.4 is 19.5 Å². The highest BCUT2D eigenvalue weighted by molar-refractivity contribution is 7.10. The van der Waals surface area contributed by atoms with Gasteiger partial charge in [-0.1, -0.05) is 6.07 Å². The van der Waals surface area contributed by atoms with Gasteiger partial charge in [0.25, 0.3) is 0 Å². The van der Waals surface area contributed by atoms with Gasteiger partial charge in [0, 0.05) is 17.5 Å². The highest BCUT2D eigenvalue weighted by Gasteiger charge is 2.14. The fourth-order valence-corrected chi connectivity index (χ4v) is 2.91. The van der Waals surface area contributed by atoms with Crippen LogP contribution in [0, 0.1) is 0 Å². The summed E-state index contributed by atoms with van der Waals surface area (Å²) in [5.41, 5.74) is 1.09. The van der Waals surface area contributed by atoms with Crippen molar-refractivity contribution in [3.8, 4) is 17.2 Å². The van der Waals surface area contributed by atoms with Gasteiger partial charge in [0.2, 0.25) is 5.75 Å². The van der Waals surface area contributed by atoms with Gasteiger partial charge < -0.3 is 19.5 Å². The summed E-state index contributed by atoms with van der Waals surface area (Å²) in [5, 5.41) is 5.59. The molecule has 0 aliphatic rings. The topological polar surface area (TPSA) is 39.7 Å². The molecule has 0 bridgehead atoms. The second kappa shape index (κ2) is 7.33. The van der Waals surface area contributed by atoms with E-state index in [1.165, 1.54) is 4.88 Å². The first kappa shape index (κ1) is 15.7. The average molecular weight is 307 g/mol. The van der Waals surface area contributed by atoms with E-state index in [-0.39, 0.29) is 0 Å². The van der Waals surface area contributed by atoms with Crippen LogP contribution in [-0.4, -0.2) is 21.3 Å². The molecule has 1 aromatic carbocycles. The molecule has 1 atom stereocenters. The van der Waals surface area contributed by atoms with Gasteiger partial charge in [0.1, 0.15) is 0 Å². The molecule has 5 heteroatoms. The predicted octanol–water partition coefficient (Wildman–Crippen LogP) is 3.62. The monoisotopic (exact) mass is 307 g/mol. The molecule has 4 nitrogen and oxygen atoms in total. The molecule has 114 valence electrons.